The van der Waals surface area contributed by atoms with Gasteiger partial charge in [-0.3, -0.25) is 9.58 Å². The number of hydrogen-bond donors (Lipinski definition) is 1. The number of rotatable bonds is 6. The SMILES string of the molecule is CCn1cc(CN2CCCN(S(=O)(=O)NC(C)C)CC2)cn1. The zero-order valence-corrected chi connectivity index (χ0v) is 14.5. The van der Waals surface area contributed by atoms with Crippen LogP contribution in [-0.2, 0) is 23.3 Å². The maximum Gasteiger partial charge on any atom is 0.279 e. The Morgan fingerprint density at radius 3 is 2.68 bits per heavy atom. The lowest BCUT2D eigenvalue weighted by atomic mass is 10.3. The fourth-order valence-corrected chi connectivity index (χ4v) is 4.07. The van der Waals surface area contributed by atoms with Crippen molar-refractivity contribution in [3.05, 3.63) is 18.0 Å². The van der Waals surface area contributed by atoms with Crippen molar-refractivity contribution in [1.29, 1.82) is 0 Å². The monoisotopic (exact) mass is 329 g/mol. The average Bonchev–Trinajstić information content (AvgIpc) is 2.74. The molecule has 126 valence electrons. The fourth-order valence-electron chi connectivity index (χ4n) is 2.64. The van der Waals surface area contributed by atoms with Gasteiger partial charge < -0.3 is 0 Å². The largest absolute Gasteiger partial charge is 0.298 e. The molecule has 7 nitrogen and oxygen atoms in total. The topological polar surface area (TPSA) is 70.5 Å². The van der Waals surface area contributed by atoms with Gasteiger partial charge in [0.1, 0.15) is 0 Å². The van der Waals surface area contributed by atoms with Gasteiger partial charge in [-0.1, -0.05) is 0 Å². The second-order valence-corrected chi connectivity index (χ2v) is 7.71. The van der Waals surface area contributed by atoms with E-state index in [9.17, 15) is 8.42 Å². The molecule has 2 heterocycles. The molecular weight excluding hydrogens is 302 g/mol. The Labute approximate surface area is 133 Å². The standard InChI is InChI=1S/C14H27N5O2S/c1-4-18-12-14(10-15-18)11-17-6-5-7-19(9-8-17)22(20,21)16-13(2)3/h10,12-13,16H,4-9,11H2,1-3H3. The molecule has 0 radical (unpaired) electrons. The van der Waals surface area contributed by atoms with Gasteiger partial charge in [0, 0.05) is 50.5 Å². The fraction of sp³-hybridized carbons (Fsp3) is 0.786. The first-order valence-corrected chi connectivity index (χ1v) is 9.36. The summed E-state index contributed by atoms with van der Waals surface area (Å²) in [6.07, 6.45) is 4.80. The Bertz CT molecular complexity index is 570. The van der Waals surface area contributed by atoms with Crippen LogP contribution in [0.15, 0.2) is 12.4 Å². The molecule has 0 bridgehead atoms. The lowest BCUT2D eigenvalue weighted by molar-refractivity contribution is 0.278. The van der Waals surface area contributed by atoms with Gasteiger partial charge in [0.15, 0.2) is 0 Å². The molecule has 2 rings (SSSR count). The predicted octanol–water partition coefficient (Wildman–Crippen LogP) is 0.654. The molecule has 1 aliphatic rings. The van der Waals surface area contributed by atoms with Crippen molar-refractivity contribution in [2.45, 2.75) is 46.3 Å². The number of aryl methyl sites for hydroxylation is 1. The normalized spacial score (nSPS) is 18.7. The summed E-state index contributed by atoms with van der Waals surface area (Å²) in [6.45, 7) is 10.2. The molecule has 1 aromatic heterocycles. The molecule has 1 fully saturated rings. The lowest BCUT2D eigenvalue weighted by Gasteiger charge is -2.22. The van der Waals surface area contributed by atoms with E-state index in [1.165, 1.54) is 5.56 Å². The van der Waals surface area contributed by atoms with Crippen molar-refractivity contribution < 1.29 is 8.42 Å². The molecule has 1 saturated heterocycles. The van der Waals surface area contributed by atoms with Crippen LogP contribution in [0.3, 0.4) is 0 Å². The smallest absolute Gasteiger partial charge is 0.279 e. The van der Waals surface area contributed by atoms with E-state index in [4.69, 9.17) is 0 Å². The first-order valence-electron chi connectivity index (χ1n) is 7.92. The second-order valence-electron chi connectivity index (χ2n) is 6.01. The number of nitrogens with one attached hydrogen (secondary N) is 1. The maximum absolute atomic E-state index is 12.2. The zero-order chi connectivity index (χ0) is 16.2. The van der Waals surface area contributed by atoms with Gasteiger partial charge in [-0.15, -0.1) is 0 Å². The number of hydrogen-bond acceptors (Lipinski definition) is 4. The minimum absolute atomic E-state index is 0.0794. The van der Waals surface area contributed by atoms with E-state index in [-0.39, 0.29) is 6.04 Å². The van der Waals surface area contributed by atoms with E-state index in [1.54, 1.807) is 4.31 Å². The highest BCUT2D eigenvalue weighted by atomic mass is 32.2. The van der Waals surface area contributed by atoms with Crippen molar-refractivity contribution in [2.75, 3.05) is 26.2 Å². The van der Waals surface area contributed by atoms with Crippen LogP contribution in [0.1, 0.15) is 32.8 Å². The predicted molar refractivity (Wildman–Crippen MR) is 86.6 cm³/mol. The molecule has 1 aromatic rings. The molecule has 8 heteroatoms. The molecule has 0 amide bonds. The summed E-state index contributed by atoms with van der Waals surface area (Å²) >= 11 is 0. The summed E-state index contributed by atoms with van der Waals surface area (Å²) in [6, 6.07) is -0.0794. The zero-order valence-electron chi connectivity index (χ0n) is 13.7. The van der Waals surface area contributed by atoms with Crippen molar-refractivity contribution in [3.63, 3.8) is 0 Å². The Morgan fingerprint density at radius 2 is 2.05 bits per heavy atom. The van der Waals surface area contributed by atoms with E-state index < -0.39 is 10.2 Å². The first kappa shape index (κ1) is 17.4. The van der Waals surface area contributed by atoms with E-state index in [1.807, 2.05) is 24.7 Å². The van der Waals surface area contributed by atoms with E-state index in [0.29, 0.717) is 13.1 Å². The summed E-state index contributed by atoms with van der Waals surface area (Å²) in [4.78, 5) is 2.29. The van der Waals surface area contributed by atoms with Gasteiger partial charge in [-0.05, 0) is 33.7 Å². The third-order valence-electron chi connectivity index (χ3n) is 3.69. The maximum atomic E-state index is 12.2. The molecule has 0 saturated carbocycles. The molecule has 0 unspecified atom stereocenters. The Hall–Kier alpha value is -0.960. The van der Waals surface area contributed by atoms with E-state index >= 15 is 0 Å². The quantitative estimate of drug-likeness (QED) is 0.832. The Kier molecular flexibility index (Phi) is 5.96. The Morgan fingerprint density at radius 1 is 1.27 bits per heavy atom. The minimum atomic E-state index is -3.36. The van der Waals surface area contributed by atoms with E-state index in [2.05, 4.69) is 27.8 Å². The van der Waals surface area contributed by atoms with Crippen LogP contribution in [0, 0.1) is 0 Å². The molecule has 0 aromatic carbocycles. The highest BCUT2D eigenvalue weighted by Crippen LogP contribution is 2.11. The average molecular weight is 329 g/mol. The number of nitrogens with zero attached hydrogens (tertiary/aromatic N) is 4. The Balaban J connectivity index is 1.92. The molecule has 0 aliphatic carbocycles. The third kappa shape index (κ3) is 4.77. The lowest BCUT2D eigenvalue weighted by Crippen LogP contribution is -2.45. The van der Waals surface area contributed by atoms with Gasteiger partial charge >= 0.3 is 0 Å². The molecule has 1 aliphatic heterocycles. The first-order chi connectivity index (χ1) is 10.4. The highest BCUT2D eigenvalue weighted by Gasteiger charge is 2.25. The van der Waals surface area contributed by atoms with Crippen molar-refractivity contribution >= 4 is 10.2 Å². The molecule has 22 heavy (non-hydrogen) atoms. The number of aromatic nitrogens is 2. The van der Waals surface area contributed by atoms with Crippen LogP contribution in [0.2, 0.25) is 0 Å². The van der Waals surface area contributed by atoms with Gasteiger partial charge in [0.25, 0.3) is 10.2 Å². The highest BCUT2D eigenvalue weighted by molar-refractivity contribution is 7.87. The van der Waals surface area contributed by atoms with Crippen LogP contribution in [0.25, 0.3) is 0 Å². The molecular formula is C14H27N5O2S. The summed E-state index contributed by atoms with van der Waals surface area (Å²) in [5.74, 6) is 0. The van der Waals surface area contributed by atoms with Gasteiger partial charge in [-0.2, -0.15) is 22.5 Å². The van der Waals surface area contributed by atoms with Gasteiger partial charge in [-0.25, -0.2) is 0 Å². The van der Waals surface area contributed by atoms with Crippen LogP contribution >= 0.6 is 0 Å². The second kappa shape index (κ2) is 7.54. The van der Waals surface area contributed by atoms with E-state index in [0.717, 1.165) is 32.6 Å². The van der Waals surface area contributed by atoms with Gasteiger partial charge in [0.05, 0.1) is 6.20 Å². The summed E-state index contributed by atoms with van der Waals surface area (Å²) in [7, 11) is -3.36. The summed E-state index contributed by atoms with van der Waals surface area (Å²) in [5.41, 5.74) is 1.18. The summed E-state index contributed by atoms with van der Waals surface area (Å²) in [5, 5.41) is 4.28. The third-order valence-corrected chi connectivity index (χ3v) is 5.50. The minimum Gasteiger partial charge on any atom is -0.298 e. The van der Waals surface area contributed by atoms with Crippen molar-refractivity contribution in [1.82, 2.24) is 23.7 Å². The molecule has 0 spiro atoms. The van der Waals surface area contributed by atoms with Crippen molar-refractivity contribution in [2.24, 2.45) is 0 Å². The van der Waals surface area contributed by atoms with Crippen LogP contribution in [0.5, 0.6) is 0 Å². The summed E-state index contributed by atoms with van der Waals surface area (Å²) < 4.78 is 30.6. The van der Waals surface area contributed by atoms with Crippen LogP contribution in [0.4, 0.5) is 0 Å². The van der Waals surface area contributed by atoms with Crippen LogP contribution < -0.4 is 4.72 Å². The molecule has 1 N–H and O–H groups in total. The van der Waals surface area contributed by atoms with Crippen LogP contribution in [-0.4, -0.2) is 59.6 Å². The molecule has 0 atom stereocenters. The van der Waals surface area contributed by atoms with Crippen molar-refractivity contribution in [3.8, 4) is 0 Å². The van der Waals surface area contributed by atoms with Gasteiger partial charge in [0.2, 0.25) is 0 Å².